The molecule has 0 saturated carbocycles. The van der Waals surface area contributed by atoms with E-state index >= 15 is 0 Å². The summed E-state index contributed by atoms with van der Waals surface area (Å²) in [7, 11) is 0. The lowest BCUT2D eigenvalue weighted by molar-refractivity contribution is 0.0519. The van der Waals surface area contributed by atoms with Crippen LogP contribution in [0.2, 0.25) is 5.28 Å². The van der Waals surface area contributed by atoms with Crippen LogP contribution in [0.15, 0.2) is 6.07 Å². The van der Waals surface area contributed by atoms with Crippen molar-refractivity contribution in [1.29, 1.82) is 0 Å². The van der Waals surface area contributed by atoms with Gasteiger partial charge in [0.15, 0.2) is 12.0 Å². The number of nitrogens with zero attached hydrogens (tertiary/aromatic N) is 2. The molecule has 74 valence electrons. The van der Waals surface area contributed by atoms with E-state index in [9.17, 15) is 9.59 Å². The first-order chi connectivity index (χ1) is 6.67. The van der Waals surface area contributed by atoms with Gasteiger partial charge in [-0.1, -0.05) is 0 Å². The highest BCUT2D eigenvalue weighted by molar-refractivity contribution is 6.28. The third-order valence-corrected chi connectivity index (χ3v) is 1.49. The van der Waals surface area contributed by atoms with Gasteiger partial charge in [0.05, 0.1) is 6.61 Å². The van der Waals surface area contributed by atoms with Crippen molar-refractivity contribution < 1.29 is 14.3 Å². The second kappa shape index (κ2) is 4.66. The summed E-state index contributed by atoms with van der Waals surface area (Å²) in [6.07, 6.45) is 0.482. The van der Waals surface area contributed by atoms with Crippen molar-refractivity contribution in [2.45, 2.75) is 6.92 Å². The molecule has 0 fully saturated rings. The molecule has 0 atom stereocenters. The molecule has 0 aliphatic rings. The van der Waals surface area contributed by atoms with Crippen LogP contribution in [0.1, 0.15) is 27.9 Å². The SMILES string of the molecule is CCOC(=O)c1cc(C=O)nc(Cl)n1. The first-order valence-corrected chi connectivity index (χ1v) is 4.22. The Morgan fingerprint density at radius 1 is 1.64 bits per heavy atom. The topological polar surface area (TPSA) is 69.2 Å². The Morgan fingerprint density at radius 2 is 2.36 bits per heavy atom. The fraction of sp³-hybridized carbons (Fsp3) is 0.250. The van der Waals surface area contributed by atoms with Crippen molar-refractivity contribution in [3.05, 3.63) is 22.7 Å². The Kier molecular flexibility index (Phi) is 3.53. The van der Waals surface area contributed by atoms with E-state index in [2.05, 4.69) is 14.7 Å². The molecule has 1 aromatic rings. The smallest absolute Gasteiger partial charge is 0.357 e. The van der Waals surface area contributed by atoms with Crippen LogP contribution in [-0.4, -0.2) is 28.8 Å². The van der Waals surface area contributed by atoms with Crippen molar-refractivity contribution in [1.82, 2.24) is 9.97 Å². The molecule has 14 heavy (non-hydrogen) atoms. The zero-order valence-electron chi connectivity index (χ0n) is 7.36. The lowest BCUT2D eigenvalue weighted by Crippen LogP contribution is -2.09. The molecule has 6 heteroatoms. The fourth-order valence-electron chi connectivity index (χ4n) is 0.806. The Balaban J connectivity index is 3.02. The minimum absolute atomic E-state index is 0.0195. The van der Waals surface area contributed by atoms with E-state index in [-0.39, 0.29) is 23.3 Å². The van der Waals surface area contributed by atoms with Gasteiger partial charge in [-0.3, -0.25) is 4.79 Å². The molecule has 1 rings (SSSR count). The predicted molar refractivity (Wildman–Crippen MR) is 48.4 cm³/mol. The summed E-state index contributed by atoms with van der Waals surface area (Å²) in [5.41, 5.74) is 0.0296. The molecule has 0 saturated heterocycles. The zero-order chi connectivity index (χ0) is 10.6. The van der Waals surface area contributed by atoms with E-state index in [1.807, 2.05) is 0 Å². The molecule has 0 spiro atoms. The third kappa shape index (κ3) is 2.50. The van der Waals surface area contributed by atoms with E-state index < -0.39 is 5.97 Å². The van der Waals surface area contributed by atoms with Gasteiger partial charge in [0.1, 0.15) is 5.69 Å². The molecular weight excluding hydrogens is 208 g/mol. The molecular formula is C8H7ClN2O3. The van der Waals surface area contributed by atoms with Gasteiger partial charge in [0, 0.05) is 6.07 Å². The van der Waals surface area contributed by atoms with Gasteiger partial charge in [0.2, 0.25) is 5.28 Å². The summed E-state index contributed by atoms with van der Waals surface area (Å²) < 4.78 is 4.68. The number of aromatic nitrogens is 2. The van der Waals surface area contributed by atoms with Gasteiger partial charge in [-0.15, -0.1) is 0 Å². The highest BCUT2D eigenvalue weighted by Crippen LogP contribution is 2.05. The Labute approximate surface area is 85.1 Å². The second-order valence-corrected chi connectivity index (χ2v) is 2.62. The number of carbonyl (C=O) groups excluding carboxylic acids is 2. The molecule has 0 bridgehead atoms. The van der Waals surface area contributed by atoms with E-state index in [4.69, 9.17) is 11.6 Å². The summed E-state index contributed by atoms with van der Waals surface area (Å²) in [6, 6.07) is 1.22. The highest BCUT2D eigenvalue weighted by Gasteiger charge is 2.11. The number of halogens is 1. The van der Waals surface area contributed by atoms with Gasteiger partial charge in [-0.2, -0.15) is 0 Å². The normalized spacial score (nSPS) is 9.57. The largest absolute Gasteiger partial charge is 0.461 e. The number of hydrogen-bond donors (Lipinski definition) is 0. The molecule has 0 aliphatic heterocycles. The Hall–Kier alpha value is -1.49. The number of esters is 1. The van der Waals surface area contributed by atoms with Crippen LogP contribution >= 0.6 is 11.6 Å². The van der Waals surface area contributed by atoms with Crippen LogP contribution in [0.4, 0.5) is 0 Å². The van der Waals surface area contributed by atoms with Crippen LogP contribution in [0, 0.1) is 0 Å². The Bertz CT molecular complexity index is 368. The highest BCUT2D eigenvalue weighted by atomic mass is 35.5. The number of carbonyl (C=O) groups is 2. The summed E-state index contributed by atoms with van der Waals surface area (Å²) in [5.74, 6) is -0.625. The van der Waals surface area contributed by atoms with Crippen LogP contribution in [0.3, 0.4) is 0 Å². The van der Waals surface area contributed by atoms with E-state index in [1.165, 1.54) is 6.07 Å². The average Bonchev–Trinajstić information content (AvgIpc) is 2.17. The maximum atomic E-state index is 11.2. The van der Waals surface area contributed by atoms with Crippen molar-refractivity contribution in [3.8, 4) is 0 Å². The van der Waals surface area contributed by atoms with Crippen LogP contribution in [-0.2, 0) is 4.74 Å². The molecule has 0 N–H and O–H groups in total. The van der Waals surface area contributed by atoms with Crippen molar-refractivity contribution in [3.63, 3.8) is 0 Å². The van der Waals surface area contributed by atoms with Gasteiger partial charge >= 0.3 is 5.97 Å². The predicted octanol–water partition coefficient (Wildman–Crippen LogP) is 1.12. The van der Waals surface area contributed by atoms with Crippen LogP contribution < -0.4 is 0 Å². The van der Waals surface area contributed by atoms with Gasteiger partial charge < -0.3 is 4.74 Å². The average molecular weight is 215 g/mol. The van der Waals surface area contributed by atoms with Gasteiger partial charge in [0.25, 0.3) is 0 Å². The Morgan fingerprint density at radius 3 is 2.93 bits per heavy atom. The zero-order valence-corrected chi connectivity index (χ0v) is 8.11. The standard InChI is InChI=1S/C8H7ClN2O3/c1-2-14-7(13)6-3-5(4-12)10-8(9)11-6/h3-4H,2H2,1H3. The van der Waals surface area contributed by atoms with Crippen molar-refractivity contribution >= 4 is 23.9 Å². The van der Waals surface area contributed by atoms with E-state index in [0.717, 1.165) is 0 Å². The van der Waals surface area contributed by atoms with Gasteiger partial charge in [-0.05, 0) is 18.5 Å². The maximum Gasteiger partial charge on any atom is 0.357 e. The maximum absolute atomic E-state index is 11.2. The lowest BCUT2D eigenvalue weighted by atomic mass is 10.3. The second-order valence-electron chi connectivity index (χ2n) is 2.29. The quantitative estimate of drug-likeness (QED) is 0.428. The number of aldehydes is 1. The third-order valence-electron chi connectivity index (χ3n) is 1.32. The molecule has 0 unspecified atom stereocenters. The van der Waals surface area contributed by atoms with Crippen molar-refractivity contribution in [2.24, 2.45) is 0 Å². The van der Waals surface area contributed by atoms with Crippen LogP contribution in [0.25, 0.3) is 0 Å². The first-order valence-electron chi connectivity index (χ1n) is 3.84. The molecule has 0 amide bonds. The first kappa shape index (κ1) is 10.6. The molecule has 5 nitrogen and oxygen atoms in total. The fourth-order valence-corrected chi connectivity index (χ4v) is 0.994. The molecule has 0 radical (unpaired) electrons. The lowest BCUT2D eigenvalue weighted by Gasteiger charge is -2.01. The summed E-state index contributed by atoms with van der Waals surface area (Å²) in [6.45, 7) is 1.90. The minimum Gasteiger partial charge on any atom is -0.461 e. The summed E-state index contributed by atoms with van der Waals surface area (Å²) >= 11 is 5.48. The number of rotatable bonds is 3. The summed E-state index contributed by atoms with van der Waals surface area (Å²) in [4.78, 5) is 28.8. The minimum atomic E-state index is -0.625. The van der Waals surface area contributed by atoms with E-state index in [1.54, 1.807) is 6.92 Å². The molecule has 1 aromatic heterocycles. The summed E-state index contributed by atoms with van der Waals surface area (Å²) in [5, 5.41) is -0.155. The van der Waals surface area contributed by atoms with E-state index in [0.29, 0.717) is 6.29 Å². The van der Waals surface area contributed by atoms with Gasteiger partial charge in [-0.25, -0.2) is 14.8 Å². The molecule has 1 heterocycles. The number of ether oxygens (including phenoxy) is 1. The van der Waals surface area contributed by atoms with Crippen molar-refractivity contribution in [2.75, 3.05) is 6.61 Å². The van der Waals surface area contributed by atoms with Crippen LogP contribution in [0.5, 0.6) is 0 Å². The molecule has 0 aliphatic carbocycles. The monoisotopic (exact) mass is 214 g/mol. The molecule has 0 aromatic carbocycles. The number of hydrogen-bond acceptors (Lipinski definition) is 5.